The van der Waals surface area contributed by atoms with E-state index in [0.717, 1.165) is 61.7 Å². The molecule has 33 heavy (non-hydrogen) atoms. The Morgan fingerprint density at radius 3 is 2.42 bits per heavy atom. The normalized spacial score (nSPS) is 17.8. The van der Waals surface area contributed by atoms with Crippen LogP contribution < -0.4 is 15.0 Å². The van der Waals surface area contributed by atoms with Crippen molar-refractivity contribution in [1.29, 1.82) is 0 Å². The van der Waals surface area contributed by atoms with Gasteiger partial charge in [-0.1, -0.05) is 25.0 Å². The van der Waals surface area contributed by atoms with Crippen molar-refractivity contribution in [2.75, 3.05) is 38.2 Å². The SMILES string of the molecule is COc1ccccc1N1CCN(C(=O)CC2(CC(=O)NCc3ccc(C)o3)CCCC2)CC1. The highest BCUT2D eigenvalue weighted by molar-refractivity contribution is 5.80. The second-order valence-corrected chi connectivity index (χ2v) is 9.39. The molecule has 0 radical (unpaired) electrons. The average molecular weight is 454 g/mol. The number of ether oxygens (including phenoxy) is 1. The Balaban J connectivity index is 1.30. The van der Waals surface area contributed by atoms with Gasteiger partial charge in [0.1, 0.15) is 17.3 Å². The van der Waals surface area contributed by atoms with Crippen molar-refractivity contribution in [2.24, 2.45) is 5.41 Å². The van der Waals surface area contributed by atoms with Crippen molar-refractivity contribution in [3.8, 4) is 5.75 Å². The van der Waals surface area contributed by atoms with Crippen molar-refractivity contribution < 1.29 is 18.7 Å². The van der Waals surface area contributed by atoms with Gasteiger partial charge in [0.15, 0.2) is 0 Å². The van der Waals surface area contributed by atoms with Gasteiger partial charge in [0, 0.05) is 39.0 Å². The quantitative estimate of drug-likeness (QED) is 0.656. The molecule has 1 N–H and O–H groups in total. The van der Waals surface area contributed by atoms with E-state index >= 15 is 0 Å². The molecule has 2 aromatic rings. The summed E-state index contributed by atoms with van der Waals surface area (Å²) in [5.41, 5.74) is 0.850. The molecule has 2 amide bonds. The lowest BCUT2D eigenvalue weighted by atomic mass is 9.78. The molecule has 1 saturated heterocycles. The summed E-state index contributed by atoms with van der Waals surface area (Å²) >= 11 is 0. The first-order chi connectivity index (χ1) is 16.0. The molecule has 2 heterocycles. The molecule has 2 fully saturated rings. The highest BCUT2D eigenvalue weighted by Crippen LogP contribution is 2.44. The Morgan fingerprint density at radius 2 is 1.76 bits per heavy atom. The summed E-state index contributed by atoms with van der Waals surface area (Å²) in [5, 5.41) is 2.98. The molecule has 0 bridgehead atoms. The van der Waals surface area contributed by atoms with E-state index in [1.807, 2.05) is 42.2 Å². The number of carbonyl (C=O) groups is 2. The van der Waals surface area contributed by atoms with E-state index in [0.29, 0.717) is 32.5 Å². The van der Waals surface area contributed by atoms with Crippen LogP contribution in [0.15, 0.2) is 40.8 Å². The molecule has 7 heteroatoms. The Morgan fingerprint density at radius 1 is 1.03 bits per heavy atom. The largest absolute Gasteiger partial charge is 0.495 e. The second kappa shape index (κ2) is 10.3. The number of benzene rings is 1. The van der Waals surface area contributed by atoms with Crippen LogP contribution in [-0.4, -0.2) is 50.0 Å². The maximum Gasteiger partial charge on any atom is 0.223 e. The van der Waals surface area contributed by atoms with Gasteiger partial charge in [0.05, 0.1) is 19.3 Å². The first kappa shape index (κ1) is 23.2. The van der Waals surface area contributed by atoms with Gasteiger partial charge in [0.2, 0.25) is 11.8 Å². The van der Waals surface area contributed by atoms with Crippen LogP contribution in [-0.2, 0) is 16.1 Å². The lowest BCUT2D eigenvalue weighted by Crippen LogP contribution is -2.50. The highest BCUT2D eigenvalue weighted by Gasteiger charge is 2.39. The van der Waals surface area contributed by atoms with Gasteiger partial charge in [-0.25, -0.2) is 0 Å². The second-order valence-electron chi connectivity index (χ2n) is 9.39. The average Bonchev–Trinajstić information content (AvgIpc) is 3.46. The van der Waals surface area contributed by atoms with Crippen LogP contribution in [0.3, 0.4) is 0 Å². The number of hydrogen-bond acceptors (Lipinski definition) is 5. The standard InChI is InChI=1S/C26H35N3O4/c1-20-9-10-21(33-20)19-27-24(30)17-26(11-5-6-12-26)18-25(31)29-15-13-28(14-16-29)22-7-3-4-8-23(22)32-2/h3-4,7-10H,5-6,11-19H2,1-2H3,(H,27,30). The van der Waals surface area contributed by atoms with E-state index in [-0.39, 0.29) is 17.2 Å². The van der Waals surface area contributed by atoms with Gasteiger partial charge in [-0.3, -0.25) is 9.59 Å². The van der Waals surface area contributed by atoms with E-state index in [2.05, 4.69) is 16.3 Å². The first-order valence-electron chi connectivity index (χ1n) is 12.0. The highest BCUT2D eigenvalue weighted by atomic mass is 16.5. The third kappa shape index (κ3) is 5.70. The molecule has 1 aliphatic heterocycles. The van der Waals surface area contributed by atoms with Gasteiger partial charge in [-0.2, -0.15) is 0 Å². The number of aryl methyl sites for hydroxylation is 1. The number of para-hydroxylation sites is 2. The van der Waals surface area contributed by atoms with Gasteiger partial charge in [-0.05, 0) is 49.4 Å². The number of methoxy groups -OCH3 is 1. The van der Waals surface area contributed by atoms with Crippen LogP contribution in [0.25, 0.3) is 0 Å². The number of hydrogen-bond donors (Lipinski definition) is 1. The molecule has 1 saturated carbocycles. The number of nitrogens with zero attached hydrogens (tertiary/aromatic N) is 2. The molecule has 0 atom stereocenters. The molecule has 1 aromatic carbocycles. The Kier molecular flexibility index (Phi) is 7.26. The number of anilines is 1. The Hall–Kier alpha value is -2.96. The number of amides is 2. The molecule has 2 aliphatic rings. The number of furan rings is 1. The van der Waals surface area contributed by atoms with Gasteiger partial charge < -0.3 is 24.3 Å². The minimum absolute atomic E-state index is 0.000236. The van der Waals surface area contributed by atoms with Crippen molar-refractivity contribution in [3.63, 3.8) is 0 Å². The number of nitrogens with one attached hydrogen (secondary N) is 1. The fourth-order valence-corrected chi connectivity index (χ4v) is 5.23. The zero-order chi connectivity index (χ0) is 23.3. The molecule has 1 aromatic heterocycles. The van der Waals surface area contributed by atoms with E-state index in [9.17, 15) is 9.59 Å². The zero-order valence-corrected chi connectivity index (χ0v) is 19.8. The smallest absolute Gasteiger partial charge is 0.223 e. The number of rotatable bonds is 8. The fraction of sp³-hybridized carbons (Fsp3) is 0.538. The number of piperazine rings is 1. The summed E-state index contributed by atoms with van der Waals surface area (Å²) in [4.78, 5) is 30.2. The fourth-order valence-electron chi connectivity index (χ4n) is 5.23. The molecule has 0 spiro atoms. The first-order valence-corrected chi connectivity index (χ1v) is 12.0. The predicted octanol–water partition coefficient (Wildman–Crippen LogP) is 3.90. The topological polar surface area (TPSA) is 75.0 Å². The van der Waals surface area contributed by atoms with Crippen LogP contribution in [0, 0.1) is 12.3 Å². The summed E-state index contributed by atoms with van der Waals surface area (Å²) < 4.78 is 11.0. The third-order valence-corrected chi connectivity index (χ3v) is 7.04. The third-order valence-electron chi connectivity index (χ3n) is 7.04. The summed E-state index contributed by atoms with van der Waals surface area (Å²) in [7, 11) is 1.69. The lowest BCUT2D eigenvalue weighted by Gasteiger charge is -2.38. The molecular weight excluding hydrogens is 418 g/mol. The molecule has 1 aliphatic carbocycles. The van der Waals surface area contributed by atoms with Crippen LogP contribution in [0.2, 0.25) is 0 Å². The van der Waals surface area contributed by atoms with Gasteiger partial charge in [0.25, 0.3) is 0 Å². The molecular formula is C26H35N3O4. The monoisotopic (exact) mass is 453 g/mol. The van der Waals surface area contributed by atoms with Crippen LogP contribution >= 0.6 is 0 Å². The van der Waals surface area contributed by atoms with Crippen molar-refractivity contribution >= 4 is 17.5 Å². The Bertz CT molecular complexity index is 956. The maximum absolute atomic E-state index is 13.2. The summed E-state index contributed by atoms with van der Waals surface area (Å²) in [6.45, 7) is 5.22. The minimum atomic E-state index is -0.222. The van der Waals surface area contributed by atoms with Crippen LogP contribution in [0.1, 0.15) is 50.0 Å². The van der Waals surface area contributed by atoms with Gasteiger partial charge in [-0.15, -0.1) is 0 Å². The molecule has 178 valence electrons. The van der Waals surface area contributed by atoms with Crippen molar-refractivity contribution in [3.05, 3.63) is 47.9 Å². The molecule has 7 nitrogen and oxygen atoms in total. The van der Waals surface area contributed by atoms with Crippen molar-refractivity contribution in [1.82, 2.24) is 10.2 Å². The lowest BCUT2D eigenvalue weighted by molar-refractivity contribution is -0.135. The predicted molar refractivity (Wildman–Crippen MR) is 127 cm³/mol. The van der Waals surface area contributed by atoms with E-state index in [1.54, 1.807) is 7.11 Å². The van der Waals surface area contributed by atoms with E-state index in [4.69, 9.17) is 9.15 Å². The van der Waals surface area contributed by atoms with Gasteiger partial charge >= 0.3 is 0 Å². The van der Waals surface area contributed by atoms with E-state index in [1.165, 1.54) is 0 Å². The zero-order valence-electron chi connectivity index (χ0n) is 19.8. The van der Waals surface area contributed by atoms with E-state index < -0.39 is 0 Å². The Labute approximate surface area is 196 Å². The summed E-state index contributed by atoms with van der Waals surface area (Å²) in [5.74, 6) is 2.62. The van der Waals surface area contributed by atoms with Crippen molar-refractivity contribution in [2.45, 2.75) is 52.0 Å². The number of carbonyl (C=O) groups excluding carboxylic acids is 2. The molecule has 4 rings (SSSR count). The molecule has 0 unspecified atom stereocenters. The summed E-state index contributed by atoms with van der Waals surface area (Å²) in [6.07, 6.45) is 4.90. The summed E-state index contributed by atoms with van der Waals surface area (Å²) in [6, 6.07) is 11.8. The minimum Gasteiger partial charge on any atom is -0.495 e. The van der Waals surface area contributed by atoms with Crippen LogP contribution in [0.5, 0.6) is 5.75 Å². The maximum atomic E-state index is 13.2. The van der Waals surface area contributed by atoms with Crippen LogP contribution in [0.4, 0.5) is 5.69 Å².